The molecule has 1 unspecified atom stereocenters. The number of aromatic nitrogens is 2. The zero-order chi connectivity index (χ0) is 28.3. The summed E-state index contributed by atoms with van der Waals surface area (Å²) in [6, 6.07) is 14.5. The van der Waals surface area contributed by atoms with Gasteiger partial charge in [0.25, 0.3) is 0 Å². The number of nitrogens with zero attached hydrogens (tertiary/aromatic N) is 2. The van der Waals surface area contributed by atoms with E-state index in [0.29, 0.717) is 5.92 Å². The molecule has 3 aromatic rings. The summed E-state index contributed by atoms with van der Waals surface area (Å²) in [4.78, 5) is 23.5. The van der Waals surface area contributed by atoms with E-state index in [1.807, 2.05) is 26.0 Å². The first kappa shape index (κ1) is 28.2. The number of fused-ring (bicyclic) bond motifs is 3. The van der Waals surface area contributed by atoms with Crippen molar-refractivity contribution in [3.8, 4) is 11.5 Å². The monoisotopic (exact) mass is 545 g/mol. The number of benzene rings is 2. The maximum absolute atomic E-state index is 12.9. The second-order valence-corrected chi connectivity index (χ2v) is 11.7. The predicted octanol–water partition coefficient (Wildman–Crippen LogP) is 6.29. The molecular weight excluding hydrogens is 502 g/mol. The number of aryl methyl sites for hydroxylation is 1. The van der Waals surface area contributed by atoms with Crippen LogP contribution in [0.1, 0.15) is 57.3 Å². The van der Waals surface area contributed by atoms with Crippen LogP contribution in [0.25, 0.3) is 16.6 Å². The van der Waals surface area contributed by atoms with Gasteiger partial charge in [0, 0.05) is 25.3 Å². The van der Waals surface area contributed by atoms with Crippen LogP contribution in [0, 0.1) is 17.8 Å². The van der Waals surface area contributed by atoms with Crippen LogP contribution in [0.4, 0.5) is 0 Å². The molecule has 0 amide bonds. The molecule has 2 aromatic carbocycles. The number of hydrogen-bond donors (Lipinski definition) is 1. The Morgan fingerprint density at radius 2 is 1.82 bits per heavy atom. The van der Waals surface area contributed by atoms with Crippen LogP contribution >= 0.6 is 0 Å². The summed E-state index contributed by atoms with van der Waals surface area (Å²) < 4.78 is 17.4. The second kappa shape index (κ2) is 12.0. The molecule has 6 rings (SSSR count). The molecule has 0 saturated heterocycles. The zero-order valence-electron chi connectivity index (χ0n) is 24.5. The van der Waals surface area contributed by atoms with E-state index in [4.69, 9.17) is 19.2 Å². The van der Waals surface area contributed by atoms with Crippen molar-refractivity contribution in [2.75, 3.05) is 34.4 Å². The smallest absolute Gasteiger partial charge is 0.308 e. The molecule has 3 aliphatic carbocycles. The third-order valence-corrected chi connectivity index (χ3v) is 8.73. The maximum atomic E-state index is 12.9. The summed E-state index contributed by atoms with van der Waals surface area (Å²) in [6.07, 6.45) is 8.21. The predicted molar refractivity (Wildman–Crippen MR) is 159 cm³/mol. The van der Waals surface area contributed by atoms with E-state index in [9.17, 15) is 4.79 Å². The van der Waals surface area contributed by atoms with Gasteiger partial charge in [-0.2, -0.15) is 0 Å². The standard InChI is InChI=1S/C33H43N3O4/c1-22(2)32(37)40-33(21-24-13-14-25(33)20-26(24)23-10-7-6-8-11-23)17-19-36(3)18-9-12-29-34-30-27(38-4)15-16-28(39-5)31(30)35-29/h6-8,10-11,15-16,20,22,24-25H,9,12-14,17-19,21H2,1-5H3,(H,34,35)/t24-,25?,33+/m1/s1. The Balaban J connectivity index is 1.24. The van der Waals surface area contributed by atoms with Crippen molar-refractivity contribution in [1.29, 1.82) is 0 Å². The lowest BCUT2D eigenvalue weighted by molar-refractivity contribution is -0.176. The van der Waals surface area contributed by atoms with Gasteiger partial charge in [0.05, 0.1) is 20.1 Å². The summed E-state index contributed by atoms with van der Waals surface area (Å²) in [5, 5.41) is 0. The van der Waals surface area contributed by atoms with Crippen molar-refractivity contribution < 1.29 is 19.0 Å². The molecule has 214 valence electrons. The Hall–Kier alpha value is -3.32. The summed E-state index contributed by atoms with van der Waals surface area (Å²) >= 11 is 0. The third-order valence-electron chi connectivity index (χ3n) is 8.73. The highest BCUT2D eigenvalue weighted by molar-refractivity contribution is 5.87. The van der Waals surface area contributed by atoms with Crippen LogP contribution < -0.4 is 9.47 Å². The molecule has 0 spiro atoms. The lowest BCUT2D eigenvalue weighted by Crippen LogP contribution is -2.51. The minimum atomic E-state index is -0.428. The van der Waals surface area contributed by atoms with Gasteiger partial charge < -0.3 is 24.1 Å². The third kappa shape index (κ3) is 5.75. The molecule has 3 aliphatic rings. The SMILES string of the molecule is COc1ccc(OC)c2[nH]c(CCCN(C)CC[C@]3(OC(=O)C(C)C)C[C@H]4CCC3C=C4c3ccccc3)nc12. The van der Waals surface area contributed by atoms with Crippen LogP contribution in [0.2, 0.25) is 0 Å². The summed E-state index contributed by atoms with van der Waals surface area (Å²) in [6.45, 7) is 5.67. The Morgan fingerprint density at radius 1 is 1.07 bits per heavy atom. The molecule has 1 N–H and O–H groups in total. The Morgan fingerprint density at radius 3 is 2.50 bits per heavy atom. The van der Waals surface area contributed by atoms with Gasteiger partial charge in [-0.1, -0.05) is 50.3 Å². The molecule has 0 aliphatic heterocycles. The molecule has 1 aromatic heterocycles. The number of ether oxygens (including phenoxy) is 3. The topological polar surface area (TPSA) is 76.7 Å². The molecule has 7 nitrogen and oxygen atoms in total. The van der Waals surface area contributed by atoms with E-state index in [1.165, 1.54) is 11.1 Å². The summed E-state index contributed by atoms with van der Waals surface area (Å²) in [5.74, 6) is 2.90. The fraction of sp³-hybridized carbons (Fsp3) is 0.515. The molecule has 3 atom stereocenters. The van der Waals surface area contributed by atoms with Crippen LogP contribution in [0.15, 0.2) is 48.5 Å². The van der Waals surface area contributed by atoms with Gasteiger partial charge >= 0.3 is 5.97 Å². The van der Waals surface area contributed by atoms with Crippen molar-refractivity contribution in [3.63, 3.8) is 0 Å². The minimum Gasteiger partial charge on any atom is -0.494 e. The lowest BCUT2D eigenvalue weighted by Gasteiger charge is -2.50. The lowest BCUT2D eigenvalue weighted by atomic mass is 9.60. The van der Waals surface area contributed by atoms with E-state index in [0.717, 1.165) is 80.0 Å². The number of allylic oxidation sites excluding steroid dienone is 1. The van der Waals surface area contributed by atoms with Crippen LogP contribution in [0.5, 0.6) is 11.5 Å². The second-order valence-electron chi connectivity index (χ2n) is 11.7. The number of imidazole rings is 1. The largest absolute Gasteiger partial charge is 0.494 e. The van der Waals surface area contributed by atoms with Crippen molar-refractivity contribution in [2.45, 2.75) is 58.0 Å². The molecular formula is C33H43N3O4. The fourth-order valence-electron chi connectivity index (χ4n) is 6.46. The molecule has 0 radical (unpaired) electrons. The highest BCUT2D eigenvalue weighted by atomic mass is 16.6. The molecule has 1 saturated carbocycles. The van der Waals surface area contributed by atoms with Crippen molar-refractivity contribution in [2.24, 2.45) is 17.8 Å². The van der Waals surface area contributed by atoms with E-state index < -0.39 is 5.60 Å². The first-order valence-electron chi connectivity index (χ1n) is 14.6. The Kier molecular flexibility index (Phi) is 8.50. The van der Waals surface area contributed by atoms with Crippen molar-refractivity contribution >= 4 is 22.6 Å². The van der Waals surface area contributed by atoms with E-state index in [-0.39, 0.29) is 17.8 Å². The maximum Gasteiger partial charge on any atom is 0.308 e. The first-order valence-corrected chi connectivity index (χ1v) is 14.6. The molecule has 1 fully saturated rings. The molecule has 1 heterocycles. The van der Waals surface area contributed by atoms with Crippen LogP contribution in [-0.4, -0.2) is 60.8 Å². The molecule has 2 bridgehead atoms. The fourth-order valence-corrected chi connectivity index (χ4v) is 6.46. The van der Waals surface area contributed by atoms with Gasteiger partial charge in [-0.3, -0.25) is 4.79 Å². The van der Waals surface area contributed by atoms with E-state index in [2.05, 4.69) is 53.3 Å². The normalized spacial score (nSPS) is 22.1. The Bertz CT molecular complexity index is 1310. The number of carbonyl (C=O) groups is 1. The van der Waals surface area contributed by atoms with Crippen LogP contribution in [-0.2, 0) is 16.0 Å². The quantitative estimate of drug-likeness (QED) is 0.270. The minimum absolute atomic E-state index is 0.0828. The number of H-pyrrole nitrogens is 1. The number of hydrogen-bond acceptors (Lipinski definition) is 6. The van der Waals surface area contributed by atoms with Gasteiger partial charge in [-0.05, 0) is 68.5 Å². The summed E-state index contributed by atoms with van der Waals surface area (Å²) in [5.41, 5.74) is 3.98. The average molecular weight is 546 g/mol. The highest BCUT2D eigenvalue weighted by Gasteiger charge is 2.50. The van der Waals surface area contributed by atoms with E-state index >= 15 is 0 Å². The Labute approximate surface area is 237 Å². The molecule has 40 heavy (non-hydrogen) atoms. The van der Waals surface area contributed by atoms with Gasteiger partial charge in [0.2, 0.25) is 0 Å². The van der Waals surface area contributed by atoms with E-state index in [1.54, 1.807) is 14.2 Å². The van der Waals surface area contributed by atoms with Gasteiger partial charge in [0.15, 0.2) is 0 Å². The van der Waals surface area contributed by atoms with Crippen molar-refractivity contribution in [3.05, 3.63) is 59.9 Å². The number of nitrogens with one attached hydrogen (secondary N) is 1. The number of esters is 1. The zero-order valence-corrected chi connectivity index (χ0v) is 24.5. The van der Waals surface area contributed by atoms with Gasteiger partial charge in [0.1, 0.15) is 34.0 Å². The van der Waals surface area contributed by atoms with Gasteiger partial charge in [-0.15, -0.1) is 0 Å². The number of rotatable bonds is 12. The number of methoxy groups -OCH3 is 2. The van der Waals surface area contributed by atoms with Crippen molar-refractivity contribution in [1.82, 2.24) is 14.9 Å². The van der Waals surface area contributed by atoms with Gasteiger partial charge in [-0.25, -0.2) is 4.98 Å². The number of aromatic amines is 1. The first-order chi connectivity index (χ1) is 19.3. The average Bonchev–Trinajstić information content (AvgIpc) is 3.40. The summed E-state index contributed by atoms with van der Waals surface area (Å²) in [7, 11) is 5.49. The highest BCUT2D eigenvalue weighted by Crippen LogP contribution is 2.53. The molecule has 7 heteroatoms. The van der Waals surface area contributed by atoms with Crippen LogP contribution in [0.3, 0.4) is 0 Å². The number of carbonyl (C=O) groups excluding carboxylic acids is 1.